The van der Waals surface area contributed by atoms with Crippen LogP contribution in [0.15, 0.2) is 18.2 Å². The molecular weight excluding hydrogens is 215 g/mol. The van der Waals surface area contributed by atoms with E-state index in [1.807, 2.05) is 6.92 Å². The number of rotatable bonds is 3. The maximum Gasteiger partial charge on any atom is 0.416 e. The van der Waals surface area contributed by atoms with Crippen molar-refractivity contribution >= 4 is 0 Å². The van der Waals surface area contributed by atoms with E-state index >= 15 is 0 Å². The molecule has 0 radical (unpaired) electrons. The van der Waals surface area contributed by atoms with Gasteiger partial charge in [-0.05, 0) is 30.5 Å². The number of hydrogen-bond donors (Lipinski definition) is 1. The second-order valence-electron chi connectivity index (χ2n) is 3.97. The molecule has 0 aliphatic rings. The molecular formula is C12H16F3N. The average molecular weight is 231 g/mol. The van der Waals surface area contributed by atoms with Gasteiger partial charge in [-0.2, -0.15) is 13.2 Å². The van der Waals surface area contributed by atoms with Gasteiger partial charge in [0, 0.05) is 6.04 Å². The molecule has 1 atom stereocenters. The number of alkyl halides is 3. The van der Waals surface area contributed by atoms with Crippen LogP contribution in [-0.2, 0) is 6.18 Å². The van der Waals surface area contributed by atoms with Crippen molar-refractivity contribution in [3.05, 3.63) is 34.9 Å². The third-order valence-electron chi connectivity index (χ3n) is 2.59. The highest BCUT2D eigenvalue weighted by atomic mass is 19.4. The van der Waals surface area contributed by atoms with Crippen molar-refractivity contribution in [2.75, 3.05) is 0 Å². The summed E-state index contributed by atoms with van der Waals surface area (Å²) in [4.78, 5) is 0. The summed E-state index contributed by atoms with van der Waals surface area (Å²) in [7, 11) is 0. The topological polar surface area (TPSA) is 26.0 Å². The van der Waals surface area contributed by atoms with E-state index in [2.05, 4.69) is 0 Å². The first-order valence-corrected chi connectivity index (χ1v) is 5.29. The van der Waals surface area contributed by atoms with Gasteiger partial charge in [0.2, 0.25) is 0 Å². The second-order valence-corrected chi connectivity index (χ2v) is 3.97. The molecule has 1 rings (SSSR count). The molecule has 0 aliphatic carbocycles. The molecule has 4 heteroatoms. The Morgan fingerprint density at radius 2 is 1.94 bits per heavy atom. The van der Waals surface area contributed by atoms with Crippen LogP contribution in [0, 0.1) is 6.92 Å². The largest absolute Gasteiger partial charge is 0.416 e. The number of halogens is 3. The minimum Gasteiger partial charge on any atom is -0.324 e. The minimum atomic E-state index is -4.30. The highest BCUT2D eigenvalue weighted by Crippen LogP contribution is 2.33. The van der Waals surface area contributed by atoms with Gasteiger partial charge in [-0.1, -0.05) is 25.5 Å². The van der Waals surface area contributed by atoms with Crippen LogP contribution in [-0.4, -0.2) is 0 Å². The van der Waals surface area contributed by atoms with Gasteiger partial charge < -0.3 is 5.73 Å². The van der Waals surface area contributed by atoms with Crippen molar-refractivity contribution in [2.45, 2.75) is 38.9 Å². The Bertz CT molecular complexity index is 358. The van der Waals surface area contributed by atoms with Crippen molar-refractivity contribution < 1.29 is 13.2 Å². The molecule has 0 heterocycles. The summed E-state index contributed by atoms with van der Waals surface area (Å²) in [6.45, 7) is 3.41. The molecule has 2 N–H and O–H groups in total. The summed E-state index contributed by atoms with van der Waals surface area (Å²) < 4.78 is 37.9. The average Bonchev–Trinajstić information content (AvgIpc) is 2.16. The van der Waals surface area contributed by atoms with Gasteiger partial charge in [0.05, 0.1) is 5.56 Å². The van der Waals surface area contributed by atoms with Crippen LogP contribution in [0.5, 0.6) is 0 Å². The van der Waals surface area contributed by atoms with E-state index in [-0.39, 0.29) is 11.6 Å². The summed E-state index contributed by atoms with van der Waals surface area (Å²) in [5, 5.41) is 0. The SMILES string of the molecule is CCC[C@H](N)c1ccc(C)c(C(F)(F)F)c1. The van der Waals surface area contributed by atoms with E-state index in [9.17, 15) is 13.2 Å². The van der Waals surface area contributed by atoms with E-state index < -0.39 is 11.7 Å². The molecule has 0 aliphatic heterocycles. The van der Waals surface area contributed by atoms with E-state index in [0.29, 0.717) is 12.0 Å². The smallest absolute Gasteiger partial charge is 0.324 e. The Hall–Kier alpha value is -1.03. The van der Waals surface area contributed by atoms with Crippen molar-refractivity contribution in [1.29, 1.82) is 0 Å². The molecule has 0 spiro atoms. The number of benzene rings is 1. The van der Waals surface area contributed by atoms with E-state index in [0.717, 1.165) is 12.5 Å². The highest BCUT2D eigenvalue weighted by Gasteiger charge is 2.32. The van der Waals surface area contributed by atoms with Crippen molar-refractivity contribution in [2.24, 2.45) is 5.73 Å². The monoisotopic (exact) mass is 231 g/mol. The maximum atomic E-state index is 12.6. The fraction of sp³-hybridized carbons (Fsp3) is 0.500. The summed E-state index contributed by atoms with van der Waals surface area (Å²) in [6.07, 6.45) is -2.75. The molecule has 0 fully saturated rings. The third-order valence-corrected chi connectivity index (χ3v) is 2.59. The molecule has 1 aromatic rings. The second kappa shape index (κ2) is 4.87. The predicted octanol–water partition coefficient (Wildman–Crippen LogP) is 3.81. The lowest BCUT2D eigenvalue weighted by atomic mass is 9.98. The van der Waals surface area contributed by atoms with Gasteiger partial charge in [-0.25, -0.2) is 0 Å². The number of nitrogens with two attached hydrogens (primary N) is 1. The zero-order chi connectivity index (χ0) is 12.3. The van der Waals surface area contributed by atoms with Crippen molar-refractivity contribution in [3.63, 3.8) is 0 Å². The van der Waals surface area contributed by atoms with Crippen molar-refractivity contribution in [1.82, 2.24) is 0 Å². The summed E-state index contributed by atoms with van der Waals surface area (Å²) >= 11 is 0. The van der Waals surface area contributed by atoms with E-state index in [1.165, 1.54) is 13.0 Å². The van der Waals surface area contributed by atoms with Gasteiger partial charge in [-0.15, -0.1) is 0 Å². The van der Waals surface area contributed by atoms with Gasteiger partial charge in [0.25, 0.3) is 0 Å². The summed E-state index contributed by atoms with van der Waals surface area (Å²) in [5.74, 6) is 0. The lowest BCUT2D eigenvalue weighted by molar-refractivity contribution is -0.138. The van der Waals surface area contributed by atoms with Crippen LogP contribution in [0.4, 0.5) is 13.2 Å². The molecule has 0 unspecified atom stereocenters. The van der Waals surface area contributed by atoms with Crippen LogP contribution < -0.4 is 5.73 Å². The minimum absolute atomic E-state index is 0.236. The Morgan fingerprint density at radius 3 is 2.44 bits per heavy atom. The molecule has 0 aromatic heterocycles. The lowest BCUT2D eigenvalue weighted by Gasteiger charge is -2.15. The number of hydrogen-bond acceptors (Lipinski definition) is 1. The Morgan fingerprint density at radius 1 is 1.31 bits per heavy atom. The van der Waals surface area contributed by atoms with Crippen LogP contribution >= 0.6 is 0 Å². The molecule has 0 saturated carbocycles. The van der Waals surface area contributed by atoms with Crippen molar-refractivity contribution in [3.8, 4) is 0 Å². The van der Waals surface area contributed by atoms with Crippen LogP contribution in [0.25, 0.3) is 0 Å². The Kier molecular flexibility index (Phi) is 3.97. The first-order chi connectivity index (χ1) is 7.36. The van der Waals surface area contributed by atoms with Gasteiger partial charge in [0.15, 0.2) is 0 Å². The maximum absolute atomic E-state index is 12.6. The fourth-order valence-corrected chi connectivity index (χ4v) is 1.65. The summed E-state index contributed by atoms with van der Waals surface area (Å²) in [6, 6.07) is 4.00. The Labute approximate surface area is 93.5 Å². The first kappa shape index (κ1) is 13.0. The Balaban J connectivity index is 3.07. The third kappa shape index (κ3) is 2.98. The molecule has 0 amide bonds. The zero-order valence-corrected chi connectivity index (χ0v) is 9.43. The van der Waals surface area contributed by atoms with Gasteiger partial charge in [-0.3, -0.25) is 0 Å². The lowest BCUT2D eigenvalue weighted by Crippen LogP contribution is -2.13. The normalized spacial score (nSPS) is 13.9. The molecule has 0 bridgehead atoms. The first-order valence-electron chi connectivity index (χ1n) is 5.29. The molecule has 1 nitrogen and oxygen atoms in total. The zero-order valence-electron chi connectivity index (χ0n) is 9.43. The van der Waals surface area contributed by atoms with Crippen LogP contribution in [0.2, 0.25) is 0 Å². The predicted molar refractivity (Wildman–Crippen MR) is 58.0 cm³/mol. The van der Waals surface area contributed by atoms with Gasteiger partial charge >= 0.3 is 6.18 Å². The fourth-order valence-electron chi connectivity index (χ4n) is 1.65. The molecule has 90 valence electrons. The molecule has 1 aromatic carbocycles. The molecule has 0 saturated heterocycles. The highest BCUT2D eigenvalue weighted by molar-refractivity contribution is 5.34. The quantitative estimate of drug-likeness (QED) is 0.841. The van der Waals surface area contributed by atoms with Crippen LogP contribution in [0.1, 0.15) is 42.5 Å². The summed E-state index contributed by atoms with van der Waals surface area (Å²) in [5.41, 5.74) is 6.01. The number of aryl methyl sites for hydroxylation is 1. The van der Waals surface area contributed by atoms with Gasteiger partial charge in [0.1, 0.15) is 0 Å². The van der Waals surface area contributed by atoms with E-state index in [1.54, 1.807) is 6.07 Å². The molecule has 16 heavy (non-hydrogen) atoms. The standard InChI is InChI=1S/C12H16F3N/c1-3-4-11(16)9-6-5-8(2)10(7-9)12(13,14)15/h5-7,11H,3-4,16H2,1-2H3/t11-/m0/s1. The van der Waals surface area contributed by atoms with E-state index in [4.69, 9.17) is 5.73 Å². The van der Waals surface area contributed by atoms with Crippen LogP contribution in [0.3, 0.4) is 0 Å².